The fourth-order valence-corrected chi connectivity index (χ4v) is 2.93. The summed E-state index contributed by atoms with van der Waals surface area (Å²) in [7, 11) is 0. The summed E-state index contributed by atoms with van der Waals surface area (Å²) in [6, 6.07) is 0. The van der Waals surface area contributed by atoms with Crippen LogP contribution < -0.4 is 0 Å². The lowest BCUT2D eigenvalue weighted by atomic mass is 9.91. The SMILES string of the molecule is CC(=O)N1CCCC(C(=O)N2CCC(C)(O)CC2)C1. The second kappa shape index (κ2) is 5.49. The molecule has 1 N–H and O–H groups in total. The second-order valence-electron chi connectivity index (χ2n) is 6.13. The van der Waals surface area contributed by atoms with Gasteiger partial charge in [-0.15, -0.1) is 0 Å². The molecule has 2 saturated heterocycles. The van der Waals surface area contributed by atoms with Gasteiger partial charge >= 0.3 is 0 Å². The van der Waals surface area contributed by atoms with Crippen molar-refractivity contribution in [1.29, 1.82) is 0 Å². The first kappa shape index (κ1) is 14.3. The number of amides is 2. The molecular formula is C14H24N2O3. The number of piperidine rings is 2. The van der Waals surface area contributed by atoms with Gasteiger partial charge in [-0.1, -0.05) is 0 Å². The first-order valence-corrected chi connectivity index (χ1v) is 7.16. The highest BCUT2D eigenvalue weighted by Gasteiger charge is 2.34. The van der Waals surface area contributed by atoms with Gasteiger partial charge in [-0.25, -0.2) is 0 Å². The standard InChI is InChI=1S/C14H24N2O3/c1-11(17)16-7-3-4-12(10-16)13(18)15-8-5-14(2,19)6-9-15/h12,19H,3-10H2,1-2H3. The molecule has 0 saturated carbocycles. The molecular weight excluding hydrogens is 244 g/mol. The van der Waals surface area contributed by atoms with Crippen molar-refractivity contribution in [3.05, 3.63) is 0 Å². The fraction of sp³-hybridized carbons (Fsp3) is 0.857. The average Bonchev–Trinajstić information content (AvgIpc) is 2.38. The van der Waals surface area contributed by atoms with Gasteiger partial charge in [-0.3, -0.25) is 9.59 Å². The van der Waals surface area contributed by atoms with Crippen molar-refractivity contribution in [2.45, 2.75) is 45.1 Å². The quantitative estimate of drug-likeness (QED) is 0.758. The van der Waals surface area contributed by atoms with E-state index in [-0.39, 0.29) is 17.7 Å². The third-order valence-corrected chi connectivity index (χ3v) is 4.37. The maximum Gasteiger partial charge on any atom is 0.227 e. The highest BCUT2D eigenvalue weighted by molar-refractivity contribution is 5.81. The largest absolute Gasteiger partial charge is 0.390 e. The highest BCUT2D eigenvalue weighted by atomic mass is 16.3. The van der Waals surface area contributed by atoms with Gasteiger partial charge in [0, 0.05) is 33.1 Å². The second-order valence-corrected chi connectivity index (χ2v) is 6.13. The van der Waals surface area contributed by atoms with Crippen molar-refractivity contribution >= 4 is 11.8 Å². The maximum absolute atomic E-state index is 12.4. The zero-order chi connectivity index (χ0) is 14.0. The summed E-state index contributed by atoms with van der Waals surface area (Å²) in [5, 5.41) is 9.91. The lowest BCUT2D eigenvalue weighted by molar-refractivity contribution is -0.143. The molecule has 0 radical (unpaired) electrons. The first-order chi connectivity index (χ1) is 8.89. The Balaban J connectivity index is 1.91. The molecule has 19 heavy (non-hydrogen) atoms. The lowest BCUT2D eigenvalue weighted by Crippen LogP contribution is -2.50. The van der Waals surface area contributed by atoms with Crippen LogP contribution in [-0.4, -0.2) is 58.5 Å². The molecule has 1 atom stereocenters. The Morgan fingerprint density at radius 3 is 2.37 bits per heavy atom. The summed E-state index contributed by atoms with van der Waals surface area (Å²) in [5.74, 6) is 0.154. The van der Waals surface area contributed by atoms with E-state index in [1.54, 1.807) is 11.8 Å². The van der Waals surface area contributed by atoms with E-state index in [1.165, 1.54) is 0 Å². The van der Waals surface area contributed by atoms with Crippen molar-refractivity contribution in [1.82, 2.24) is 9.80 Å². The molecule has 0 bridgehead atoms. The fourth-order valence-electron chi connectivity index (χ4n) is 2.93. The minimum absolute atomic E-state index is 0.0547. The van der Waals surface area contributed by atoms with Gasteiger partial charge in [0.05, 0.1) is 11.5 Å². The van der Waals surface area contributed by atoms with Gasteiger partial charge in [-0.05, 0) is 32.6 Å². The molecule has 2 fully saturated rings. The Morgan fingerprint density at radius 1 is 1.16 bits per heavy atom. The Morgan fingerprint density at radius 2 is 1.79 bits per heavy atom. The smallest absolute Gasteiger partial charge is 0.227 e. The van der Waals surface area contributed by atoms with E-state index in [9.17, 15) is 14.7 Å². The Hall–Kier alpha value is -1.10. The van der Waals surface area contributed by atoms with Crippen molar-refractivity contribution in [2.24, 2.45) is 5.92 Å². The van der Waals surface area contributed by atoms with Crippen LogP contribution in [0.15, 0.2) is 0 Å². The van der Waals surface area contributed by atoms with E-state index in [0.717, 1.165) is 19.4 Å². The predicted molar refractivity (Wildman–Crippen MR) is 71.4 cm³/mol. The van der Waals surface area contributed by atoms with Crippen LogP contribution in [0.25, 0.3) is 0 Å². The third kappa shape index (κ3) is 3.47. The highest BCUT2D eigenvalue weighted by Crippen LogP contribution is 2.25. The minimum atomic E-state index is -0.630. The summed E-state index contributed by atoms with van der Waals surface area (Å²) in [5.41, 5.74) is -0.630. The molecule has 0 aliphatic carbocycles. The van der Waals surface area contributed by atoms with Gasteiger partial charge < -0.3 is 14.9 Å². The van der Waals surface area contributed by atoms with Gasteiger partial charge in [0.1, 0.15) is 0 Å². The van der Waals surface area contributed by atoms with Gasteiger partial charge in [0.2, 0.25) is 11.8 Å². The third-order valence-electron chi connectivity index (χ3n) is 4.37. The molecule has 2 aliphatic heterocycles. The summed E-state index contributed by atoms with van der Waals surface area (Å²) < 4.78 is 0. The predicted octanol–water partition coefficient (Wildman–Crippen LogP) is 0.618. The lowest BCUT2D eigenvalue weighted by Gasteiger charge is -2.39. The van der Waals surface area contributed by atoms with Crippen molar-refractivity contribution in [3.8, 4) is 0 Å². The number of carbonyl (C=O) groups excluding carboxylic acids is 2. The monoisotopic (exact) mass is 268 g/mol. The molecule has 5 nitrogen and oxygen atoms in total. The van der Waals surface area contributed by atoms with Crippen LogP contribution in [0.1, 0.15) is 39.5 Å². The van der Waals surface area contributed by atoms with Crippen molar-refractivity contribution in [2.75, 3.05) is 26.2 Å². The average molecular weight is 268 g/mol. The first-order valence-electron chi connectivity index (χ1n) is 7.16. The molecule has 2 rings (SSSR count). The molecule has 2 amide bonds. The number of aliphatic hydroxyl groups is 1. The molecule has 108 valence electrons. The molecule has 2 heterocycles. The molecule has 0 aromatic rings. The van der Waals surface area contributed by atoms with Crippen LogP contribution in [0.5, 0.6) is 0 Å². The topological polar surface area (TPSA) is 60.9 Å². The summed E-state index contributed by atoms with van der Waals surface area (Å²) >= 11 is 0. The Bertz CT molecular complexity index is 358. The van der Waals surface area contributed by atoms with Crippen LogP contribution in [0.3, 0.4) is 0 Å². The summed E-state index contributed by atoms with van der Waals surface area (Å²) in [6.45, 7) is 5.97. The van der Waals surface area contributed by atoms with Crippen LogP contribution in [0, 0.1) is 5.92 Å². The van der Waals surface area contributed by atoms with Gasteiger partial charge in [-0.2, -0.15) is 0 Å². The summed E-state index contributed by atoms with van der Waals surface area (Å²) in [6.07, 6.45) is 3.06. The van der Waals surface area contributed by atoms with E-state index < -0.39 is 5.60 Å². The Kier molecular flexibility index (Phi) is 4.13. The van der Waals surface area contributed by atoms with Crippen LogP contribution in [-0.2, 0) is 9.59 Å². The van der Waals surface area contributed by atoms with Crippen molar-refractivity contribution in [3.63, 3.8) is 0 Å². The minimum Gasteiger partial charge on any atom is -0.390 e. The van der Waals surface area contributed by atoms with Crippen LogP contribution in [0.4, 0.5) is 0 Å². The normalized spacial score (nSPS) is 27.2. The van der Waals surface area contributed by atoms with E-state index in [2.05, 4.69) is 0 Å². The Labute approximate surface area is 114 Å². The number of nitrogens with zero attached hydrogens (tertiary/aromatic N) is 2. The number of hydrogen-bond donors (Lipinski definition) is 1. The molecule has 0 spiro atoms. The van der Waals surface area contributed by atoms with E-state index in [0.29, 0.717) is 32.5 Å². The van der Waals surface area contributed by atoms with E-state index in [1.807, 2.05) is 11.8 Å². The molecule has 2 aliphatic rings. The number of likely N-dealkylation sites (tertiary alicyclic amines) is 2. The van der Waals surface area contributed by atoms with E-state index in [4.69, 9.17) is 0 Å². The van der Waals surface area contributed by atoms with Crippen molar-refractivity contribution < 1.29 is 14.7 Å². The van der Waals surface area contributed by atoms with E-state index >= 15 is 0 Å². The van der Waals surface area contributed by atoms with Crippen LogP contribution >= 0.6 is 0 Å². The zero-order valence-corrected chi connectivity index (χ0v) is 11.9. The number of rotatable bonds is 1. The summed E-state index contributed by atoms with van der Waals surface area (Å²) in [4.78, 5) is 27.5. The molecule has 5 heteroatoms. The zero-order valence-electron chi connectivity index (χ0n) is 11.9. The maximum atomic E-state index is 12.4. The van der Waals surface area contributed by atoms with Gasteiger partial charge in [0.15, 0.2) is 0 Å². The molecule has 0 aromatic carbocycles. The van der Waals surface area contributed by atoms with Crippen LogP contribution in [0.2, 0.25) is 0 Å². The molecule has 0 aromatic heterocycles. The van der Waals surface area contributed by atoms with Gasteiger partial charge in [0.25, 0.3) is 0 Å². The number of carbonyl (C=O) groups is 2. The number of hydrogen-bond acceptors (Lipinski definition) is 3. The molecule has 1 unspecified atom stereocenters.